The van der Waals surface area contributed by atoms with E-state index in [0.29, 0.717) is 12.2 Å². The second-order valence-corrected chi connectivity index (χ2v) is 6.42. The molecule has 0 saturated heterocycles. The zero-order valence-electron chi connectivity index (χ0n) is 15.2. The monoisotopic (exact) mass is 314 g/mol. The van der Waals surface area contributed by atoms with Crippen LogP contribution in [-0.2, 0) is 14.3 Å². The molecule has 0 rings (SSSR count). The van der Waals surface area contributed by atoms with Crippen molar-refractivity contribution in [3.05, 3.63) is 0 Å². The Kier molecular flexibility index (Phi) is 16.6. The molecule has 0 saturated carbocycles. The van der Waals surface area contributed by atoms with E-state index in [1.54, 1.807) is 0 Å². The maximum absolute atomic E-state index is 11.4. The van der Waals surface area contributed by atoms with Crippen LogP contribution in [0.15, 0.2) is 0 Å². The molecule has 0 atom stereocenters. The molecule has 0 heterocycles. The highest BCUT2D eigenvalue weighted by Gasteiger charge is 2.05. The SMILES string of the molecule is CCCOCCCCCCCCOCCCCC(=O)C(C)C. The van der Waals surface area contributed by atoms with Gasteiger partial charge in [0.15, 0.2) is 0 Å². The average molecular weight is 315 g/mol. The van der Waals surface area contributed by atoms with E-state index in [1.807, 2.05) is 13.8 Å². The largest absolute Gasteiger partial charge is 0.381 e. The number of carbonyl (C=O) groups is 1. The van der Waals surface area contributed by atoms with Crippen LogP contribution >= 0.6 is 0 Å². The van der Waals surface area contributed by atoms with Gasteiger partial charge in [0.1, 0.15) is 5.78 Å². The van der Waals surface area contributed by atoms with Crippen LogP contribution in [0.2, 0.25) is 0 Å². The van der Waals surface area contributed by atoms with Gasteiger partial charge in [0, 0.05) is 38.8 Å². The molecule has 0 unspecified atom stereocenters. The molecule has 132 valence electrons. The molecule has 0 radical (unpaired) electrons. The summed E-state index contributed by atoms with van der Waals surface area (Å²) in [5.41, 5.74) is 0. The molecule has 0 aromatic carbocycles. The van der Waals surface area contributed by atoms with Crippen LogP contribution in [0.4, 0.5) is 0 Å². The third-order valence-corrected chi connectivity index (χ3v) is 3.78. The Morgan fingerprint density at radius 2 is 1.18 bits per heavy atom. The standard InChI is InChI=1S/C19H38O3/c1-4-14-21-15-10-7-5-6-8-11-16-22-17-12-9-13-19(20)18(2)3/h18H,4-17H2,1-3H3. The minimum absolute atomic E-state index is 0.180. The second-order valence-electron chi connectivity index (χ2n) is 6.42. The molecular weight excluding hydrogens is 276 g/mol. The Bertz CT molecular complexity index is 239. The molecule has 0 amide bonds. The summed E-state index contributed by atoms with van der Waals surface area (Å²) in [4.78, 5) is 11.4. The number of ketones is 1. The summed E-state index contributed by atoms with van der Waals surface area (Å²) in [6, 6.07) is 0. The van der Waals surface area contributed by atoms with E-state index in [4.69, 9.17) is 9.47 Å². The Labute approximate surface area is 138 Å². The smallest absolute Gasteiger partial charge is 0.135 e. The zero-order valence-corrected chi connectivity index (χ0v) is 15.2. The molecule has 0 fully saturated rings. The summed E-state index contributed by atoms with van der Waals surface area (Å²) in [5.74, 6) is 0.555. The highest BCUT2D eigenvalue weighted by atomic mass is 16.5. The van der Waals surface area contributed by atoms with Crippen LogP contribution in [0.1, 0.15) is 85.0 Å². The van der Waals surface area contributed by atoms with Crippen LogP contribution in [-0.4, -0.2) is 32.2 Å². The fraction of sp³-hybridized carbons (Fsp3) is 0.947. The molecule has 0 bridgehead atoms. The first-order valence-electron chi connectivity index (χ1n) is 9.36. The van der Waals surface area contributed by atoms with E-state index in [2.05, 4.69) is 6.92 Å². The van der Waals surface area contributed by atoms with Gasteiger partial charge in [-0.2, -0.15) is 0 Å². The first-order valence-corrected chi connectivity index (χ1v) is 9.36. The second kappa shape index (κ2) is 17.0. The number of hydrogen-bond acceptors (Lipinski definition) is 3. The van der Waals surface area contributed by atoms with Crippen molar-refractivity contribution < 1.29 is 14.3 Å². The first-order chi connectivity index (χ1) is 10.7. The van der Waals surface area contributed by atoms with Gasteiger partial charge in [0.2, 0.25) is 0 Å². The highest BCUT2D eigenvalue weighted by Crippen LogP contribution is 2.07. The molecule has 0 N–H and O–H groups in total. The van der Waals surface area contributed by atoms with Crippen LogP contribution in [0.5, 0.6) is 0 Å². The van der Waals surface area contributed by atoms with Gasteiger partial charge >= 0.3 is 0 Å². The summed E-state index contributed by atoms with van der Waals surface area (Å²) in [7, 11) is 0. The van der Waals surface area contributed by atoms with E-state index in [9.17, 15) is 4.79 Å². The average Bonchev–Trinajstić information content (AvgIpc) is 2.50. The molecule has 3 heteroatoms. The van der Waals surface area contributed by atoms with Gasteiger partial charge < -0.3 is 9.47 Å². The van der Waals surface area contributed by atoms with Crippen molar-refractivity contribution >= 4 is 5.78 Å². The van der Waals surface area contributed by atoms with Crippen molar-refractivity contribution in [3.8, 4) is 0 Å². The van der Waals surface area contributed by atoms with Crippen LogP contribution in [0.25, 0.3) is 0 Å². The minimum atomic E-state index is 0.180. The molecule has 22 heavy (non-hydrogen) atoms. The van der Waals surface area contributed by atoms with Crippen molar-refractivity contribution in [2.24, 2.45) is 5.92 Å². The van der Waals surface area contributed by atoms with Gasteiger partial charge in [-0.25, -0.2) is 0 Å². The summed E-state index contributed by atoms with van der Waals surface area (Å²) < 4.78 is 11.1. The van der Waals surface area contributed by atoms with E-state index in [0.717, 1.165) is 52.1 Å². The van der Waals surface area contributed by atoms with E-state index < -0.39 is 0 Å². The van der Waals surface area contributed by atoms with Gasteiger partial charge in [0.05, 0.1) is 0 Å². The highest BCUT2D eigenvalue weighted by molar-refractivity contribution is 5.80. The molecule has 0 aliphatic carbocycles. The summed E-state index contributed by atoms with van der Waals surface area (Å²) >= 11 is 0. The van der Waals surface area contributed by atoms with Gasteiger partial charge in [0.25, 0.3) is 0 Å². The normalized spacial score (nSPS) is 11.3. The third-order valence-electron chi connectivity index (χ3n) is 3.78. The van der Waals surface area contributed by atoms with Gasteiger partial charge in [-0.05, 0) is 32.1 Å². The molecule has 0 spiro atoms. The van der Waals surface area contributed by atoms with Crippen molar-refractivity contribution in [1.82, 2.24) is 0 Å². The van der Waals surface area contributed by atoms with Crippen molar-refractivity contribution in [3.63, 3.8) is 0 Å². The minimum Gasteiger partial charge on any atom is -0.381 e. The number of unbranched alkanes of at least 4 members (excludes halogenated alkanes) is 6. The molecular formula is C19H38O3. The molecule has 0 aromatic heterocycles. The van der Waals surface area contributed by atoms with Gasteiger partial charge in [-0.3, -0.25) is 4.79 Å². The lowest BCUT2D eigenvalue weighted by Crippen LogP contribution is -2.07. The number of hydrogen-bond donors (Lipinski definition) is 0. The van der Waals surface area contributed by atoms with Crippen LogP contribution in [0, 0.1) is 5.92 Å². The lowest BCUT2D eigenvalue weighted by Gasteiger charge is -2.06. The third kappa shape index (κ3) is 16.0. The molecule has 0 aliphatic heterocycles. The zero-order chi connectivity index (χ0) is 16.5. The summed E-state index contributed by atoms with van der Waals surface area (Å²) in [6.45, 7) is 9.60. The quantitative estimate of drug-likeness (QED) is 0.348. The number of rotatable bonds is 17. The molecule has 0 aliphatic rings. The van der Waals surface area contributed by atoms with E-state index >= 15 is 0 Å². The van der Waals surface area contributed by atoms with E-state index in [1.165, 1.54) is 32.1 Å². The lowest BCUT2D eigenvalue weighted by molar-refractivity contribution is -0.122. The van der Waals surface area contributed by atoms with Crippen molar-refractivity contribution in [1.29, 1.82) is 0 Å². The van der Waals surface area contributed by atoms with Gasteiger partial charge in [-0.1, -0.05) is 46.5 Å². The Morgan fingerprint density at radius 3 is 1.68 bits per heavy atom. The predicted molar refractivity (Wildman–Crippen MR) is 93.3 cm³/mol. The molecule has 3 nitrogen and oxygen atoms in total. The number of ether oxygens (including phenoxy) is 2. The predicted octanol–water partition coefficient (Wildman–Crippen LogP) is 5.17. The first kappa shape index (κ1) is 21.6. The number of carbonyl (C=O) groups excluding carboxylic acids is 1. The van der Waals surface area contributed by atoms with E-state index in [-0.39, 0.29) is 5.92 Å². The Hall–Kier alpha value is -0.410. The number of Topliss-reactive ketones (excluding diaryl/α,β-unsaturated/α-hetero) is 1. The maximum Gasteiger partial charge on any atom is 0.135 e. The van der Waals surface area contributed by atoms with Crippen LogP contribution in [0.3, 0.4) is 0 Å². The molecule has 0 aromatic rings. The summed E-state index contributed by atoms with van der Waals surface area (Å²) in [5, 5.41) is 0. The van der Waals surface area contributed by atoms with Crippen molar-refractivity contribution in [2.75, 3.05) is 26.4 Å². The Morgan fingerprint density at radius 1 is 0.727 bits per heavy atom. The fourth-order valence-electron chi connectivity index (χ4n) is 2.26. The fourth-order valence-corrected chi connectivity index (χ4v) is 2.26. The lowest BCUT2D eigenvalue weighted by atomic mass is 10.0. The van der Waals surface area contributed by atoms with Gasteiger partial charge in [-0.15, -0.1) is 0 Å². The Balaban J connectivity index is 3.04. The maximum atomic E-state index is 11.4. The van der Waals surface area contributed by atoms with Crippen LogP contribution < -0.4 is 0 Å². The van der Waals surface area contributed by atoms with Crippen molar-refractivity contribution in [2.45, 2.75) is 85.0 Å². The topological polar surface area (TPSA) is 35.5 Å². The summed E-state index contributed by atoms with van der Waals surface area (Å²) in [6.07, 6.45) is 11.3.